The highest BCUT2D eigenvalue weighted by atomic mass is 32.2. The van der Waals surface area contributed by atoms with E-state index in [-0.39, 0.29) is 18.0 Å². The highest BCUT2D eigenvalue weighted by molar-refractivity contribution is 7.89. The summed E-state index contributed by atoms with van der Waals surface area (Å²) in [5.41, 5.74) is 0.591. The highest BCUT2D eigenvalue weighted by Gasteiger charge is 2.32. The number of furan rings is 1. The van der Waals surface area contributed by atoms with Crippen molar-refractivity contribution in [3.8, 4) is 17.2 Å². The van der Waals surface area contributed by atoms with Crippen molar-refractivity contribution in [2.45, 2.75) is 11.3 Å². The number of benzene rings is 1. The number of piperazine rings is 1. The van der Waals surface area contributed by atoms with Crippen molar-refractivity contribution in [1.82, 2.24) is 14.5 Å². The average molecular weight is 454 g/mol. The van der Waals surface area contributed by atoms with Gasteiger partial charge in [-0.05, 0) is 48.5 Å². The monoisotopic (exact) mass is 454 g/mol. The van der Waals surface area contributed by atoms with E-state index in [4.69, 9.17) is 4.42 Å². The molecule has 0 radical (unpaired) electrons. The predicted molar refractivity (Wildman–Crippen MR) is 104 cm³/mol. The molecule has 0 aliphatic carbocycles. The fourth-order valence-corrected chi connectivity index (χ4v) is 4.59. The molecule has 2 aromatic heterocycles. The van der Waals surface area contributed by atoms with E-state index < -0.39 is 22.1 Å². The normalized spacial score (nSPS) is 15.8. The Hall–Kier alpha value is -3.12. The largest absolute Gasteiger partial charge is 0.573 e. The molecule has 0 amide bonds. The van der Waals surface area contributed by atoms with Crippen LogP contribution in [0.1, 0.15) is 0 Å². The Bertz CT molecular complexity index is 1110. The van der Waals surface area contributed by atoms with Gasteiger partial charge in [-0.1, -0.05) is 0 Å². The molecule has 0 bridgehead atoms. The lowest BCUT2D eigenvalue weighted by atomic mass is 10.3. The molecule has 31 heavy (non-hydrogen) atoms. The van der Waals surface area contributed by atoms with Crippen LogP contribution in [0.2, 0.25) is 0 Å². The lowest BCUT2D eigenvalue weighted by Crippen LogP contribution is -2.49. The van der Waals surface area contributed by atoms with Crippen LogP contribution < -0.4 is 9.64 Å². The number of anilines is 1. The fourth-order valence-electron chi connectivity index (χ4n) is 3.17. The van der Waals surface area contributed by atoms with E-state index >= 15 is 0 Å². The summed E-state index contributed by atoms with van der Waals surface area (Å²) in [4.78, 5) is 1.81. The second-order valence-electron chi connectivity index (χ2n) is 6.66. The minimum atomic E-state index is -4.84. The molecule has 1 aliphatic rings. The van der Waals surface area contributed by atoms with E-state index in [0.29, 0.717) is 30.4 Å². The van der Waals surface area contributed by atoms with Gasteiger partial charge in [-0.25, -0.2) is 8.42 Å². The second kappa shape index (κ2) is 8.19. The summed E-state index contributed by atoms with van der Waals surface area (Å²) in [5, 5.41) is 8.32. The molecule has 164 valence electrons. The SMILES string of the molecule is O=S(=O)(c1ccc(OC(F)(F)F)cc1)N1CCN(c2ccc(-c3ccco3)nn2)CC1. The van der Waals surface area contributed by atoms with Gasteiger partial charge >= 0.3 is 6.36 Å². The molecular weight excluding hydrogens is 437 g/mol. The molecule has 12 heteroatoms. The Morgan fingerprint density at radius 2 is 1.65 bits per heavy atom. The summed E-state index contributed by atoms with van der Waals surface area (Å²) in [5.74, 6) is 0.732. The zero-order chi connectivity index (χ0) is 22.1. The van der Waals surface area contributed by atoms with Gasteiger partial charge in [0.25, 0.3) is 0 Å². The van der Waals surface area contributed by atoms with Gasteiger partial charge in [0, 0.05) is 26.2 Å². The molecule has 8 nitrogen and oxygen atoms in total. The van der Waals surface area contributed by atoms with Crippen molar-refractivity contribution in [3.05, 3.63) is 54.8 Å². The molecule has 1 fully saturated rings. The van der Waals surface area contributed by atoms with Crippen molar-refractivity contribution in [1.29, 1.82) is 0 Å². The summed E-state index contributed by atoms with van der Waals surface area (Å²) in [6.07, 6.45) is -3.29. The molecule has 0 unspecified atom stereocenters. The van der Waals surface area contributed by atoms with E-state index in [1.165, 1.54) is 4.31 Å². The second-order valence-corrected chi connectivity index (χ2v) is 8.60. The smallest absolute Gasteiger partial charge is 0.463 e. The van der Waals surface area contributed by atoms with Gasteiger partial charge in [0.1, 0.15) is 11.4 Å². The third kappa shape index (κ3) is 4.80. The molecule has 1 aliphatic heterocycles. The Kier molecular flexibility index (Phi) is 5.58. The van der Waals surface area contributed by atoms with E-state index in [0.717, 1.165) is 24.3 Å². The number of rotatable bonds is 5. The molecule has 3 heterocycles. The van der Waals surface area contributed by atoms with Crippen LogP contribution in [0.4, 0.5) is 19.0 Å². The summed E-state index contributed by atoms with van der Waals surface area (Å²) >= 11 is 0. The van der Waals surface area contributed by atoms with Gasteiger partial charge in [0.15, 0.2) is 11.6 Å². The standard InChI is InChI=1S/C19H17F3N4O4S/c20-19(21,22)30-14-3-5-15(6-4-14)31(27,28)26-11-9-25(10-12-26)18-8-7-16(23-24-18)17-2-1-13-29-17/h1-8,13H,9-12H2. The Balaban J connectivity index is 1.39. The first kappa shape index (κ1) is 21.1. The first-order chi connectivity index (χ1) is 14.7. The third-order valence-electron chi connectivity index (χ3n) is 4.68. The first-order valence-electron chi connectivity index (χ1n) is 9.21. The molecule has 4 rings (SSSR count). The summed E-state index contributed by atoms with van der Waals surface area (Å²) < 4.78 is 72.8. The molecule has 3 aromatic rings. The van der Waals surface area contributed by atoms with Gasteiger partial charge in [-0.2, -0.15) is 4.31 Å². The molecule has 0 spiro atoms. The first-order valence-corrected chi connectivity index (χ1v) is 10.6. The lowest BCUT2D eigenvalue weighted by molar-refractivity contribution is -0.274. The molecule has 1 saturated heterocycles. The predicted octanol–water partition coefficient (Wildman–Crippen LogP) is 3.15. The topological polar surface area (TPSA) is 88.8 Å². The van der Waals surface area contributed by atoms with E-state index in [9.17, 15) is 21.6 Å². The van der Waals surface area contributed by atoms with Gasteiger partial charge in [-0.3, -0.25) is 0 Å². The van der Waals surface area contributed by atoms with Crippen molar-refractivity contribution in [2.24, 2.45) is 0 Å². The van der Waals surface area contributed by atoms with Crippen LogP contribution in [-0.2, 0) is 10.0 Å². The highest BCUT2D eigenvalue weighted by Crippen LogP contribution is 2.26. The molecule has 0 saturated carbocycles. The maximum atomic E-state index is 12.8. The number of hydrogen-bond donors (Lipinski definition) is 0. The minimum Gasteiger partial charge on any atom is -0.463 e. The van der Waals surface area contributed by atoms with Crippen LogP contribution in [0.3, 0.4) is 0 Å². The zero-order valence-corrected chi connectivity index (χ0v) is 16.8. The van der Waals surface area contributed by atoms with Crippen LogP contribution in [0.25, 0.3) is 11.5 Å². The number of ether oxygens (including phenoxy) is 1. The van der Waals surface area contributed by atoms with Gasteiger partial charge in [0.05, 0.1) is 11.2 Å². The molecule has 0 atom stereocenters. The van der Waals surface area contributed by atoms with E-state index in [1.54, 1.807) is 30.5 Å². The van der Waals surface area contributed by atoms with Crippen LogP contribution in [0.15, 0.2) is 64.1 Å². The van der Waals surface area contributed by atoms with E-state index in [1.807, 2.05) is 4.90 Å². The number of hydrogen-bond acceptors (Lipinski definition) is 7. The maximum Gasteiger partial charge on any atom is 0.573 e. The van der Waals surface area contributed by atoms with Gasteiger partial charge < -0.3 is 14.1 Å². The van der Waals surface area contributed by atoms with Crippen LogP contribution in [-0.4, -0.2) is 55.5 Å². The summed E-state index contributed by atoms with van der Waals surface area (Å²) in [6, 6.07) is 11.2. The minimum absolute atomic E-state index is 0.0990. The van der Waals surface area contributed by atoms with Crippen molar-refractivity contribution < 1.29 is 30.7 Å². The van der Waals surface area contributed by atoms with E-state index in [2.05, 4.69) is 14.9 Å². The lowest BCUT2D eigenvalue weighted by Gasteiger charge is -2.34. The number of sulfonamides is 1. The van der Waals surface area contributed by atoms with Crippen molar-refractivity contribution >= 4 is 15.8 Å². The average Bonchev–Trinajstić information content (AvgIpc) is 3.28. The maximum absolute atomic E-state index is 12.8. The quantitative estimate of drug-likeness (QED) is 0.585. The van der Waals surface area contributed by atoms with Gasteiger partial charge in [0.2, 0.25) is 10.0 Å². The Morgan fingerprint density at radius 1 is 0.935 bits per heavy atom. The number of nitrogens with zero attached hydrogens (tertiary/aromatic N) is 4. The number of aromatic nitrogens is 2. The number of alkyl halides is 3. The third-order valence-corrected chi connectivity index (χ3v) is 6.59. The fraction of sp³-hybridized carbons (Fsp3) is 0.263. The van der Waals surface area contributed by atoms with Crippen LogP contribution in [0.5, 0.6) is 5.75 Å². The number of halogens is 3. The summed E-state index contributed by atoms with van der Waals surface area (Å²) in [7, 11) is -3.84. The van der Waals surface area contributed by atoms with Gasteiger partial charge in [-0.15, -0.1) is 23.4 Å². The summed E-state index contributed by atoms with van der Waals surface area (Å²) in [6.45, 7) is 1.18. The van der Waals surface area contributed by atoms with Crippen LogP contribution >= 0.6 is 0 Å². The molecule has 0 N–H and O–H groups in total. The Labute approximate surface area is 175 Å². The molecular formula is C19H17F3N4O4S. The van der Waals surface area contributed by atoms with Crippen molar-refractivity contribution in [2.75, 3.05) is 31.1 Å². The van der Waals surface area contributed by atoms with Crippen molar-refractivity contribution in [3.63, 3.8) is 0 Å². The Morgan fingerprint density at radius 3 is 2.19 bits per heavy atom. The zero-order valence-electron chi connectivity index (χ0n) is 16.0. The van der Waals surface area contributed by atoms with Crippen LogP contribution in [0, 0.1) is 0 Å². The molecule has 1 aromatic carbocycles.